The molecule has 11 heteroatoms. The van der Waals surface area contributed by atoms with Crippen LogP contribution in [0, 0.1) is 0 Å². The van der Waals surface area contributed by atoms with E-state index in [4.69, 9.17) is 20.9 Å². The van der Waals surface area contributed by atoms with E-state index in [0.29, 0.717) is 23.6 Å². The molecule has 0 bridgehead atoms. The van der Waals surface area contributed by atoms with Crippen molar-refractivity contribution in [2.75, 3.05) is 12.3 Å². The van der Waals surface area contributed by atoms with Crippen molar-refractivity contribution in [2.24, 2.45) is 5.73 Å². The minimum Gasteiger partial charge on any atom is -0.410 e. The van der Waals surface area contributed by atoms with Gasteiger partial charge in [-0.3, -0.25) is 9.78 Å². The highest BCUT2D eigenvalue weighted by Gasteiger charge is 2.21. The number of ether oxygens (including phenoxy) is 2. The minimum atomic E-state index is -1.25. The summed E-state index contributed by atoms with van der Waals surface area (Å²) in [6.07, 6.45) is 2.33. The Hall–Kier alpha value is -3.02. The Bertz CT molecular complexity index is 1160. The number of anilines is 1. The summed E-state index contributed by atoms with van der Waals surface area (Å²) in [7, 11) is -1.25. The Labute approximate surface area is 201 Å². The summed E-state index contributed by atoms with van der Waals surface area (Å²) in [5, 5.41) is 0. The second-order valence-corrected chi connectivity index (χ2v) is 15.2. The lowest BCUT2D eigenvalue weighted by Crippen LogP contribution is -2.22. The minimum absolute atomic E-state index is 0.165. The van der Waals surface area contributed by atoms with E-state index in [1.165, 1.54) is 6.07 Å². The third-order valence-electron chi connectivity index (χ3n) is 4.68. The monoisotopic (exact) mass is 531 g/mol. The molecule has 3 aromatic rings. The van der Waals surface area contributed by atoms with Crippen LogP contribution in [0.15, 0.2) is 47.2 Å². The third kappa shape index (κ3) is 6.73. The van der Waals surface area contributed by atoms with Crippen molar-refractivity contribution in [3.05, 3.63) is 58.7 Å². The van der Waals surface area contributed by atoms with E-state index < -0.39 is 14.2 Å². The number of aromatic nitrogens is 3. The fraction of sp³-hybridized carbons (Fsp3) is 0.273. The molecule has 0 aliphatic carbocycles. The van der Waals surface area contributed by atoms with Crippen LogP contribution in [0.5, 0.6) is 5.75 Å². The van der Waals surface area contributed by atoms with Crippen LogP contribution in [-0.4, -0.2) is 41.1 Å². The number of rotatable bonds is 9. The van der Waals surface area contributed by atoms with Crippen LogP contribution in [-0.2, 0) is 11.5 Å². The van der Waals surface area contributed by atoms with Crippen LogP contribution >= 0.6 is 15.9 Å². The van der Waals surface area contributed by atoms with Crippen LogP contribution in [0.3, 0.4) is 0 Å². The highest BCUT2D eigenvalue weighted by atomic mass is 79.9. The van der Waals surface area contributed by atoms with Crippen LogP contribution in [0.4, 0.5) is 10.5 Å². The van der Waals surface area contributed by atoms with E-state index >= 15 is 0 Å². The molecule has 4 N–H and O–H groups in total. The molecule has 3 rings (SSSR count). The molecule has 1 amide bonds. The molecule has 0 aliphatic heterocycles. The molecular weight excluding hydrogens is 506 g/mol. The standard InChI is InChI=1S/C22H26BrN5O4Si/c1-33(2,3)9-8-31-13-28-12-19(16-6-5-15(10-17(16)24)32-22(25)30)27-21(28)20(29)18-7-4-14(23)11-26-18/h4-7,10-12H,8-9,13,24H2,1-3H3,(H2,25,30). The van der Waals surface area contributed by atoms with Crippen molar-refractivity contribution >= 4 is 41.6 Å². The number of hydrogen-bond acceptors (Lipinski definition) is 7. The molecule has 0 spiro atoms. The predicted molar refractivity (Wildman–Crippen MR) is 132 cm³/mol. The summed E-state index contributed by atoms with van der Waals surface area (Å²) >= 11 is 3.32. The lowest BCUT2D eigenvalue weighted by molar-refractivity contribution is 0.0811. The summed E-state index contributed by atoms with van der Waals surface area (Å²) in [4.78, 5) is 32.9. The largest absolute Gasteiger partial charge is 0.410 e. The third-order valence-corrected chi connectivity index (χ3v) is 6.86. The molecular formula is C22H26BrN5O4Si. The topological polar surface area (TPSA) is 135 Å². The van der Waals surface area contributed by atoms with Gasteiger partial charge in [0, 0.05) is 48.9 Å². The predicted octanol–water partition coefficient (Wildman–Crippen LogP) is 4.29. The summed E-state index contributed by atoms with van der Waals surface area (Å²) in [6, 6.07) is 9.05. The summed E-state index contributed by atoms with van der Waals surface area (Å²) < 4.78 is 13.1. The summed E-state index contributed by atoms with van der Waals surface area (Å²) in [5.41, 5.74) is 12.8. The van der Waals surface area contributed by atoms with Gasteiger partial charge in [0.25, 0.3) is 0 Å². The number of carbonyl (C=O) groups excluding carboxylic acids is 2. The van der Waals surface area contributed by atoms with Crippen molar-refractivity contribution in [3.63, 3.8) is 0 Å². The number of benzene rings is 1. The fourth-order valence-corrected chi connectivity index (χ4v) is 3.94. The number of carbonyl (C=O) groups is 2. The Balaban J connectivity index is 1.92. The first-order valence-corrected chi connectivity index (χ1v) is 14.7. The number of primary amides is 1. The van der Waals surface area contributed by atoms with E-state index in [1.54, 1.807) is 41.2 Å². The maximum Gasteiger partial charge on any atom is 0.409 e. The van der Waals surface area contributed by atoms with E-state index in [0.717, 1.165) is 10.5 Å². The molecule has 174 valence electrons. The number of nitrogens with zero attached hydrogens (tertiary/aromatic N) is 3. The van der Waals surface area contributed by atoms with Crippen LogP contribution < -0.4 is 16.2 Å². The molecule has 0 radical (unpaired) electrons. The van der Waals surface area contributed by atoms with Gasteiger partial charge < -0.3 is 25.5 Å². The van der Waals surface area contributed by atoms with Gasteiger partial charge in [-0.25, -0.2) is 9.78 Å². The van der Waals surface area contributed by atoms with Gasteiger partial charge in [0.1, 0.15) is 18.2 Å². The molecule has 9 nitrogen and oxygen atoms in total. The van der Waals surface area contributed by atoms with Crippen molar-refractivity contribution in [2.45, 2.75) is 32.4 Å². The number of nitrogen functional groups attached to an aromatic ring is 1. The summed E-state index contributed by atoms with van der Waals surface area (Å²) in [6.45, 7) is 7.57. The van der Waals surface area contributed by atoms with Gasteiger partial charge in [-0.15, -0.1) is 0 Å². The van der Waals surface area contributed by atoms with Gasteiger partial charge in [0.05, 0.1) is 5.69 Å². The van der Waals surface area contributed by atoms with E-state index in [2.05, 4.69) is 45.5 Å². The van der Waals surface area contributed by atoms with Crippen molar-refractivity contribution in [3.8, 4) is 17.0 Å². The number of pyridine rings is 1. The Morgan fingerprint density at radius 3 is 2.55 bits per heavy atom. The van der Waals surface area contributed by atoms with Crippen molar-refractivity contribution < 1.29 is 19.1 Å². The quantitative estimate of drug-likeness (QED) is 0.182. The zero-order valence-corrected chi connectivity index (χ0v) is 21.3. The highest BCUT2D eigenvalue weighted by Crippen LogP contribution is 2.29. The molecule has 33 heavy (non-hydrogen) atoms. The zero-order chi connectivity index (χ0) is 24.2. The first-order valence-electron chi connectivity index (χ1n) is 10.2. The number of hydrogen-bond donors (Lipinski definition) is 2. The van der Waals surface area contributed by atoms with Crippen LogP contribution in [0.25, 0.3) is 11.3 Å². The highest BCUT2D eigenvalue weighted by molar-refractivity contribution is 9.10. The fourth-order valence-electron chi connectivity index (χ4n) is 2.94. The molecule has 1 aromatic carbocycles. The van der Waals surface area contributed by atoms with Gasteiger partial charge in [0.2, 0.25) is 5.78 Å². The average Bonchev–Trinajstić information content (AvgIpc) is 3.14. The Morgan fingerprint density at radius 2 is 1.94 bits per heavy atom. The molecule has 0 aliphatic rings. The number of ketones is 1. The maximum absolute atomic E-state index is 13.2. The number of nitrogens with two attached hydrogens (primary N) is 2. The molecule has 0 atom stereocenters. The first kappa shape index (κ1) is 24.6. The molecule has 0 saturated heterocycles. The number of amides is 1. The van der Waals surface area contributed by atoms with Crippen LogP contribution in [0.2, 0.25) is 25.7 Å². The molecule has 2 heterocycles. The second kappa shape index (κ2) is 10.3. The van der Waals surface area contributed by atoms with Crippen molar-refractivity contribution in [1.29, 1.82) is 0 Å². The maximum atomic E-state index is 13.2. The van der Waals surface area contributed by atoms with Gasteiger partial charge in [0.15, 0.2) is 5.82 Å². The molecule has 0 unspecified atom stereocenters. The summed E-state index contributed by atoms with van der Waals surface area (Å²) in [5.74, 6) is 0.0627. The number of halogens is 1. The SMILES string of the molecule is C[Si](C)(C)CCOCn1cc(-c2ccc(OC(N)=O)cc2N)nc1C(=O)c1ccc(Br)cn1. The molecule has 0 fully saturated rings. The second-order valence-electron chi connectivity index (χ2n) is 8.63. The van der Waals surface area contributed by atoms with Crippen LogP contribution in [0.1, 0.15) is 16.3 Å². The normalized spacial score (nSPS) is 11.4. The van der Waals surface area contributed by atoms with E-state index in [1.807, 2.05) is 0 Å². The average molecular weight is 532 g/mol. The van der Waals surface area contributed by atoms with Crippen molar-refractivity contribution in [1.82, 2.24) is 14.5 Å². The smallest absolute Gasteiger partial charge is 0.409 e. The Morgan fingerprint density at radius 1 is 1.18 bits per heavy atom. The number of imidazole rings is 1. The Kier molecular flexibility index (Phi) is 7.67. The lowest BCUT2D eigenvalue weighted by Gasteiger charge is -2.15. The van der Waals surface area contributed by atoms with Gasteiger partial charge in [-0.2, -0.15) is 0 Å². The molecule has 0 saturated carbocycles. The van der Waals surface area contributed by atoms with E-state index in [9.17, 15) is 9.59 Å². The lowest BCUT2D eigenvalue weighted by atomic mass is 10.1. The first-order chi connectivity index (χ1) is 15.5. The van der Waals surface area contributed by atoms with Gasteiger partial charge in [-0.1, -0.05) is 19.6 Å². The van der Waals surface area contributed by atoms with Gasteiger partial charge >= 0.3 is 6.09 Å². The molecule has 2 aromatic heterocycles. The van der Waals surface area contributed by atoms with Gasteiger partial charge in [-0.05, 0) is 46.2 Å². The zero-order valence-electron chi connectivity index (χ0n) is 18.7. The van der Waals surface area contributed by atoms with E-state index in [-0.39, 0.29) is 29.8 Å².